The Hall–Kier alpha value is -8.81. The number of cyclic esters (lactones) is 1. The summed E-state index contributed by atoms with van der Waals surface area (Å²) in [4.78, 5) is 63.1. The second-order valence-corrected chi connectivity index (χ2v) is 20.6. The van der Waals surface area contributed by atoms with Crippen molar-refractivity contribution in [3.8, 4) is 23.5 Å². The minimum absolute atomic E-state index is 0.0271. The van der Waals surface area contributed by atoms with Crippen molar-refractivity contribution in [2.45, 2.75) is 109 Å². The van der Waals surface area contributed by atoms with Crippen LogP contribution in [0.3, 0.4) is 0 Å². The van der Waals surface area contributed by atoms with Crippen molar-refractivity contribution in [3.63, 3.8) is 0 Å². The number of benzene rings is 6. The van der Waals surface area contributed by atoms with E-state index in [4.69, 9.17) is 49.8 Å². The van der Waals surface area contributed by atoms with Gasteiger partial charge in [-0.15, -0.1) is 0 Å². The third kappa shape index (κ3) is 23.5. The summed E-state index contributed by atoms with van der Waals surface area (Å²) in [7, 11) is -0.900. The number of hydrogen-bond donors (Lipinski definition) is 4. The van der Waals surface area contributed by atoms with Crippen LogP contribution >= 0.6 is 0 Å². The van der Waals surface area contributed by atoms with Crippen molar-refractivity contribution in [2.75, 3.05) is 32.9 Å². The standard InChI is InChI=1S/C20H17BFNO5.C19H22BFN2O4.C18H17FN2O2.2C4H8O/c22-18-4-2-1-3-15(18)11-26-16-7-5-14(6-8-16)19(24)10-9-17-20(25)27-12-21(17)28-13-23;1-20(26)23-17(19(22)25)10-11-18(24)13-6-8-15(9-7-13)27-12-14-4-2-3-5-16(14)21;19-15-4-2-1-3-13(15)11-23-14-7-5-12(6-8-14)16-9-10-17(21-16)18(20)22;2*1-2-4-5-3-1/h1-8,17H,9-12H2;2-9,17,23,26H,10-12H2,1H3,(H2,22,25);1-8,17H,9-11H2,(H2,20,22);2*1-4H2/t;2*17-;;/m.00../s1. The van der Waals surface area contributed by atoms with Crippen molar-refractivity contribution in [2.24, 2.45) is 16.5 Å². The Bertz CT molecular complexity index is 3230. The number of primary amides is 2. The lowest BCUT2D eigenvalue weighted by molar-refractivity contribution is -0.139. The average Bonchev–Trinajstić information content (AvgIpc) is 4.57. The van der Waals surface area contributed by atoms with E-state index in [1.54, 1.807) is 109 Å². The second-order valence-electron chi connectivity index (χ2n) is 20.6. The highest BCUT2D eigenvalue weighted by atomic mass is 19.1. The van der Waals surface area contributed by atoms with Crippen LogP contribution in [0.4, 0.5) is 13.2 Å². The summed E-state index contributed by atoms with van der Waals surface area (Å²) in [5.74, 6) is -1.64. The van der Waals surface area contributed by atoms with E-state index in [9.17, 15) is 42.2 Å². The normalized spacial score (nSPS) is 15.7. The lowest BCUT2D eigenvalue weighted by Gasteiger charge is -2.15. The summed E-state index contributed by atoms with van der Waals surface area (Å²) >= 11 is 0. The highest BCUT2D eigenvalue weighted by Gasteiger charge is 2.44. The first-order valence-electron chi connectivity index (χ1n) is 29.0. The Morgan fingerprint density at radius 2 is 1.11 bits per heavy atom. The molecule has 6 N–H and O–H groups in total. The Labute approximate surface area is 510 Å². The van der Waals surface area contributed by atoms with Gasteiger partial charge < -0.3 is 54.8 Å². The molecule has 3 atom stereocenters. The predicted octanol–water partition coefficient (Wildman–Crippen LogP) is 9.68. The van der Waals surface area contributed by atoms with E-state index in [-0.39, 0.29) is 86.9 Å². The number of nitrogens with zero attached hydrogens (tertiary/aromatic N) is 2. The van der Waals surface area contributed by atoms with Crippen molar-refractivity contribution < 1.29 is 75.2 Å². The van der Waals surface area contributed by atoms with Crippen molar-refractivity contribution >= 4 is 49.0 Å². The fourth-order valence-corrected chi connectivity index (χ4v) is 9.06. The molecular weight excluding hydrogens is 1140 g/mol. The lowest BCUT2D eigenvalue weighted by Crippen LogP contribution is -2.47. The van der Waals surface area contributed by atoms with E-state index >= 15 is 0 Å². The first-order chi connectivity index (χ1) is 42.6. The topological polar surface area (TPSA) is 270 Å². The van der Waals surface area contributed by atoms with Crippen molar-refractivity contribution in [1.82, 2.24) is 5.23 Å². The zero-order chi connectivity index (χ0) is 63.0. The number of nitrogens with one attached hydrogen (secondary N) is 1. The van der Waals surface area contributed by atoms with Crippen LogP contribution in [-0.4, -0.2) is 99.1 Å². The molecule has 4 heterocycles. The molecule has 0 aromatic heterocycles. The van der Waals surface area contributed by atoms with Crippen molar-refractivity contribution in [3.05, 3.63) is 196 Å². The van der Waals surface area contributed by atoms with Gasteiger partial charge in [0.1, 0.15) is 67.1 Å². The molecule has 0 radical (unpaired) electrons. The molecule has 88 heavy (non-hydrogen) atoms. The highest BCUT2D eigenvalue weighted by Crippen LogP contribution is 2.28. The van der Waals surface area contributed by atoms with Crippen LogP contribution in [0.5, 0.6) is 17.2 Å². The molecule has 0 bridgehead atoms. The number of nitrogens with two attached hydrogens (primary N) is 2. The number of nitriles is 1. The molecule has 0 aliphatic carbocycles. The number of esters is 1. The molecule has 3 saturated heterocycles. The smallest absolute Gasteiger partial charge is 0.425 e. The lowest BCUT2D eigenvalue weighted by atomic mass is 9.57. The molecule has 18 nitrogen and oxygen atoms in total. The fraction of sp³-hybridized carbons (Fsp3) is 0.338. The van der Waals surface area contributed by atoms with Gasteiger partial charge in [0, 0.05) is 72.8 Å². The molecule has 2 amide bonds. The third-order valence-corrected chi connectivity index (χ3v) is 14.0. The third-order valence-electron chi connectivity index (χ3n) is 14.0. The zero-order valence-electron chi connectivity index (χ0n) is 49.0. The molecule has 0 spiro atoms. The van der Waals surface area contributed by atoms with Crippen LogP contribution in [0.2, 0.25) is 12.6 Å². The van der Waals surface area contributed by atoms with Gasteiger partial charge in [0.2, 0.25) is 11.8 Å². The maximum atomic E-state index is 13.6. The minimum atomic E-state index is -0.900. The van der Waals surface area contributed by atoms with Crippen LogP contribution in [0.1, 0.15) is 107 Å². The maximum Gasteiger partial charge on any atom is 0.425 e. The Balaban J connectivity index is 0.000000195. The number of carbonyl (C=O) groups is 5. The fourth-order valence-electron chi connectivity index (χ4n) is 9.06. The summed E-state index contributed by atoms with van der Waals surface area (Å²) in [6.07, 6.45) is 8.73. The van der Waals surface area contributed by atoms with E-state index in [0.29, 0.717) is 51.5 Å². The van der Waals surface area contributed by atoms with Gasteiger partial charge in [0.15, 0.2) is 11.6 Å². The van der Waals surface area contributed by atoms with Gasteiger partial charge in [-0.25, -0.2) is 13.2 Å². The summed E-state index contributed by atoms with van der Waals surface area (Å²) in [6.45, 7) is 5.21. The van der Waals surface area contributed by atoms with E-state index in [2.05, 4.69) is 10.2 Å². The zero-order valence-corrected chi connectivity index (χ0v) is 49.0. The summed E-state index contributed by atoms with van der Waals surface area (Å²) in [6, 6.07) is 38.5. The molecule has 4 aliphatic rings. The monoisotopic (exact) mass is 1210 g/mol. The molecule has 462 valence electrons. The Morgan fingerprint density at radius 3 is 1.49 bits per heavy atom. The predicted molar refractivity (Wildman–Crippen MR) is 325 cm³/mol. The van der Waals surface area contributed by atoms with Gasteiger partial charge >= 0.3 is 19.9 Å². The number of Topliss-reactive ketones (excluding diaryl/α,β-unsaturated/α-hetero) is 2. The highest BCUT2D eigenvalue weighted by molar-refractivity contribution is 6.60. The number of aliphatic imine (C=N–C) groups is 1. The summed E-state index contributed by atoms with van der Waals surface area (Å²) in [5.41, 5.74) is 14.7. The molecular formula is C65H72B2F3N5O13. The second kappa shape index (κ2) is 37.0. The number of ether oxygens (including phenoxy) is 6. The Morgan fingerprint density at radius 1 is 0.682 bits per heavy atom. The number of ketones is 2. The molecule has 6 aromatic rings. The quantitative estimate of drug-likeness (QED) is 0.0201. The van der Waals surface area contributed by atoms with Gasteiger partial charge in [-0.3, -0.25) is 29.0 Å². The number of rotatable bonds is 23. The van der Waals surface area contributed by atoms with E-state index in [1.165, 1.54) is 50.7 Å². The summed E-state index contributed by atoms with van der Waals surface area (Å²) in [5, 5.41) is 20.5. The van der Waals surface area contributed by atoms with Gasteiger partial charge in [-0.05, 0) is 155 Å². The van der Waals surface area contributed by atoms with Crippen LogP contribution in [0.25, 0.3) is 0 Å². The largest absolute Gasteiger partial charge is 0.493 e. The van der Waals surface area contributed by atoms with Crippen LogP contribution in [-0.2, 0) is 53.1 Å². The molecule has 10 rings (SSSR count). The first kappa shape index (κ1) is 68.3. The SMILES string of the molecule is C1CCOC1.C1CCOC1.CB(O)N[C@@H](CCC(=O)c1ccc(OCc2ccccc2F)cc1)C(N)=O.N#COB1COC(=O)C1CCC(=O)c1ccc(OCc2ccccc2F)cc1.NC(=O)[C@@H]1CCC(c2ccc(OCc3ccccc3F)cc2)=N1. The van der Waals surface area contributed by atoms with E-state index in [0.717, 1.165) is 44.1 Å². The number of hydrogen-bond acceptors (Lipinski definition) is 16. The number of halogens is 3. The van der Waals surface area contributed by atoms with Gasteiger partial charge in [-0.1, -0.05) is 54.6 Å². The molecule has 4 aliphatic heterocycles. The first-order valence-corrected chi connectivity index (χ1v) is 29.0. The molecule has 23 heteroatoms. The van der Waals surface area contributed by atoms with Gasteiger partial charge in [0.05, 0.1) is 11.9 Å². The summed E-state index contributed by atoms with van der Waals surface area (Å²) < 4.78 is 77.0. The molecule has 1 unspecified atom stereocenters. The van der Waals surface area contributed by atoms with E-state index in [1.807, 2.05) is 24.3 Å². The Kier molecular flexibility index (Phi) is 28.7. The van der Waals surface area contributed by atoms with Gasteiger partial charge in [-0.2, -0.15) is 5.26 Å². The molecule has 0 saturated carbocycles. The molecule has 3 fully saturated rings. The van der Waals surface area contributed by atoms with Gasteiger partial charge in [0.25, 0.3) is 6.26 Å². The average molecular weight is 1210 g/mol. The van der Waals surface area contributed by atoms with Crippen molar-refractivity contribution in [1.29, 1.82) is 5.26 Å². The molecule has 6 aromatic carbocycles. The maximum absolute atomic E-state index is 13.6. The number of amides is 2. The van der Waals surface area contributed by atoms with Crippen LogP contribution in [0.15, 0.2) is 151 Å². The van der Waals surface area contributed by atoms with Crippen LogP contribution in [0, 0.1) is 29.0 Å². The van der Waals surface area contributed by atoms with E-state index < -0.39 is 43.7 Å². The number of carbonyl (C=O) groups excluding carboxylic acids is 5. The van der Waals surface area contributed by atoms with Crippen LogP contribution < -0.4 is 30.9 Å². The minimum Gasteiger partial charge on any atom is -0.493 e.